The van der Waals surface area contributed by atoms with E-state index in [1.54, 1.807) is 34.9 Å². The molecular weight excluding hydrogens is 470 g/mol. The number of ether oxygens (including phenoxy) is 1. The predicted octanol–water partition coefficient (Wildman–Crippen LogP) is 4.21. The number of likely N-dealkylation sites (N-methyl/N-ethyl adjacent to an activating group) is 2. The van der Waals surface area contributed by atoms with Crippen LogP contribution in [0.4, 0.5) is 4.79 Å². The SMILES string of the molecule is CC(C)[C@@H](CO)N(C)C(=O)[C@@H](NC(=O)[C@@H](N(C)C(=O)OC(C)(C)C)C(C)(C)c1ccccc1)C(C)(C)C. The van der Waals surface area contributed by atoms with Crippen LogP contribution in [0.25, 0.3) is 0 Å². The lowest BCUT2D eigenvalue weighted by Gasteiger charge is -2.42. The van der Waals surface area contributed by atoms with E-state index in [2.05, 4.69) is 5.32 Å². The Balaban J connectivity index is 3.52. The second-order valence-corrected chi connectivity index (χ2v) is 12.8. The maximum absolute atomic E-state index is 14.1. The Morgan fingerprint density at radius 2 is 1.43 bits per heavy atom. The van der Waals surface area contributed by atoms with Crippen molar-refractivity contribution in [3.05, 3.63) is 35.9 Å². The van der Waals surface area contributed by atoms with Crippen molar-refractivity contribution in [2.75, 3.05) is 20.7 Å². The third-order valence-electron chi connectivity index (χ3n) is 6.72. The summed E-state index contributed by atoms with van der Waals surface area (Å²) >= 11 is 0. The number of nitrogens with one attached hydrogen (secondary N) is 1. The van der Waals surface area contributed by atoms with Gasteiger partial charge in [-0.15, -0.1) is 0 Å². The van der Waals surface area contributed by atoms with Crippen molar-refractivity contribution in [2.45, 2.75) is 98.4 Å². The predicted molar refractivity (Wildman–Crippen MR) is 147 cm³/mol. The van der Waals surface area contributed by atoms with Gasteiger partial charge in [-0.2, -0.15) is 0 Å². The molecule has 3 atom stereocenters. The minimum Gasteiger partial charge on any atom is -0.444 e. The van der Waals surface area contributed by atoms with Crippen molar-refractivity contribution in [3.63, 3.8) is 0 Å². The molecule has 0 aliphatic heterocycles. The van der Waals surface area contributed by atoms with Crippen LogP contribution >= 0.6 is 0 Å². The highest BCUT2D eigenvalue weighted by Crippen LogP contribution is 2.32. The van der Waals surface area contributed by atoms with E-state index in [1.165, 1.54) is 9.80 Å². The number of hydrogen-bond acceptors (Lipinski definition) is 5. The minimum absolute atomic E-state index is 0.0262. The van der Waals surface area contributed by atoms with Crippen molar-refractivity contribution in [1.82, 2.24) is 15.1 Å². The van der Waals surface area contributed by atoms with Gasteiger partial charge >= 0.3 is 6.09 Å². The molecule has 0 saturated carbocycles. The number of aliphatic hydroxyl groups is 1. The van der Waals surface area contributed by atoms with Crippen molar-refractivity contribution in [3.8, 4) is 0 Å². The molecule has 1 aromatic carbocycles. The summed E-state index contributed by atoms with van der Waals surface area (Å²) in [6.45, 7) is 18.4. The first kappa shape index (κ1) is 32.4. The first-order valence-electron chi connectivity index (χ1n) is 12.9. The molecule has 0 aliphatic carbocycles. The van der Waals surface area contributed by atoms with Crippen LogP contribution in [0.1, 0.15) is 74.8 Å². The van der Waals surface area contributed by atoms with Crippen molar-refractivity contribution < 1.29 is 24.2 Å². The zero-order chi connectivity index (χ0) is 28.9. The number of nitrogens with zero attached hydrogens (tertiary/aromatic N) is 2. The van der Waals surface area contributed by atoms with E-state index < -0.39 is 46.6 Å². The number of hydrogen-bond donors (Lipinski definition) is 2. The van der Waals surface area contributed by atoms with Crippen LogP contribution in [0, 0.1) is 11.3 Å². The third-order valence-corrected chi connectivity index (χ3v) is 6.72. The summed E-state index contributed by atoms with van der Waals surface area (Å²) in [7, 11) is 3.19. The van der Waals surface area contributed by atoms with Gasteiger partial charge in [0.25, 0.3) is 0 Å². The van der Waals surface area contributed by atoms with E-state index in [0.29, 0.717) is 0 Å². The highest BCUT2D eigenvalue weighted by molar-refractivity contribution is 5.93. The van der Waals surface area contributed by atoms with Gasteiger partial charge in [0.05, 0.1) is 12.6 Å². The van der Waals surface area contributed by atoms with E-state index in [-0.39, 0.29) is 18.4 Å². The fraction of sp³-hybridized carbons (Fsp3) is 0.690. The molecule has 0 spiro atoms. The molecule has 1 rings (SSSR count). The van der Waals surface area contributed by atoms with Gasteiger partial charge in [0.15, 0.2) is 0 Å². The molecule has 0 aromatic heterocycles. The number of carbonyl (C=O) groups excluding carboxylic acids is 3. The zero-order valence-electron chi connectivity index (χ0n) is 24.9. The van der Waals surface area contributed by atoms with Crippen molar-refractivity contribution >= 4 is 17.9 Å². The summed E-state index contributed by atoms with van der Waals surface area (Å²) in [5, 5.41) is 12.9. The molecule has 0 unspecified atom stereocenters. The average molecular weight is 520 g/mol. The first-order chi connectivity index (χ1) is 16.8. The Morgan fingerprint density at radius 1 is 0.919 bits per heavy atom. The highest BCUT2D eigenvalue weighted by Gasteiger charge is 2.45. The highest BCUT2D eigenvalue weighted by atomic mass is 16.6. The van der Waals surface area contributed by atoms with Crippen LogP contribution in [0.5, 0.6) is 0 Å². The lowest BCUT2D eigenvalue weighted by Crippen LogP contribution is -2.63. The van der Waals surface area contributed by atoms with Crippen LogP contribution in [0.15, 0.2) is 30.3 Å². The van der Waals surface area contributed by atoms with E-state index in [0.717, 1.165) is 5.56 Å². The monoisotopic (exact) mass is 519 g/mol. The fourth-order valence-corrected chi connectivity index (χ4v) is 4.47. The average Bonchev–Trinajstić information content (AvgIpc) is 2.75. The summed E-state index contributed by atoms with van der Waals surface area (Å²) < 4.78 is 5.60. The maximum atomic E-state index is 14.1. The molecule has 0 heterocycles. The Kier molecular flexibility index (Phi) is 10.8. The Bertz CT molecular complexity index is 916. The summed E-state index contributed by atoms with van der Waals surface area (Å²) in [5.74, 6) is -0.739. The molecule has 8 heteroatoms. The van der Waals surface area contributed by atoms with Gasteiger partial charge in [-0.3, -0.25) is 14.5 Å². The first-order valence-corrected chi connectivity index (χ1v) is 12.9. The number of aliphatic hydroxyl groups excluding tert-OH is 1. The smallest absolute Gasteiger partial charge is 0.410 e. The lowest BCUT2D eigenvalue weighted by molar-refractivity contribution is -0.143. The molecule has 0 radical (unpaired) electrons. The van der Waals surface area contributed by atoms with Gasteiger partial charge in [-0.05, 0) is 37.7 Å². The van der Waals surface area contributed by atoms with Crippen LogP contribution in [0.2, 0.25) is 0 Å². The second kappa shape index (κ2) is 12.3. The standard InChI is InChI=1S/C29H49N3O5/c1-19(2)21(18-33)31(11)25(35)22(27(3,4)5)30-24(34)23(32(12)26(36)37-28(6,7)8)29(9,10)20-16-14-13-15-17-20/h13-17,19,21-23,33H,18H2,1-12H3,(H,30,34)/t21-,22-,23-/m1/s1. The van der Waals surface area contributed by atoms with E-state index in [4.69, 9.17) is 4.74 Å². The molecule has 0 aliphatic rings. The minimum atomic E-state index is -0.980. The quantitative estimate of drug-likeness (QED) is 0.509. The Labute approximate surface area is 223 Å². The molecule has 0 saturated heterocycles. The van der Waals surface area contributed by atoms with Crippen LogP contribution in [-0.4, -0.2) is 77.2 Å². The van der Waals surface area contributed by atoms with E-state index in [9.17, 15) is 19.5 Å². The van der Waals surface area contributed by atoms with Gasteiger partial charge in [-0.1, -0.05) is 78.8 Å². The van der Waals surface area contributed by atoms with Crippen molar-refractivity contribution in [1.29, 1.82) is 0 Å². The summed E-state index contributed by atoms with van der Waals surface area (Å²) in [4.78, 5) is 43.7. The Hall–Kier alpha value is -2.61. The summed E-state index contributed by atoms with van der Waals surface area (Å²) in [5.41, 5.74) is -1.34. The van der Waals surface area contributed by atoms with E-state index >= 15 is 0 Å². The van der Waals surface area contributed by atoms with Gasteiger partial charge in [0.2, 0.25) is 11.8 Å². The molecule has 3 amide bonds. The molecule has 210 valence electrons. The number of carbonyl (C=O) groups is 3. The maximum Gasteiger partial charge on any atom is 0.410 e. The molecule has 0 bridgehead atoms. The number of benzene rings is 1. The van der Waals surface area contributed by atoms with Gasteiger partial charge in [0.1, 0.15) is 17.7 Å². The van der Waals surface area contributed by atoms with Crippen LogP contribution in [-0.2, 0) is 19.7 Å². The fourth-order valence-electron chi connectivity index (χ4n) is 4.47. The van der Waals surface area contributed by atoms with Gasteiger partial charge in [-0.25, -0.2) is 4.79 Å². The van der Waals surface area contributed by atoms with E-state index in [1.807, 2.05) is 78.8 Å². The molecular formula is C29H49N3O5. The summed E-state index contributed by atoms with van der Waals surface area (Å²) in [6, 6.07) is 7.23. The van der Waals surface area contributed by atoms with Crippen molar-refractivity contribution in [2.24, 2.45) is 11.3 Å². The van der Waals surface area contributed by atoms with Gasteiger partial charge in [0, 0.05) is 19.5 Å². The summed E-state index contributed by atoms with van der Waals surface area (Å²) in [6.07, 6.45) is -0.632. The normalized spacial score (nSPS) is 15.0. The number of rotatable bonds is 9. The second-order valence-electron chi connectivity index (χ2n) is 12.8. The van der Waals surface area contributed by atoms with Crippen LogP contribution in [0.3, 0.4) is 0 Å². The lowest BCUT2D eigenvalue weighted by atomic mass is 9.76. The molecule has 1 aromatic rings. The molecule has 0 fully saturated rings. The van der Waals surface area contributed by atoms with Crippen LogP contribution < -0.4 is 5.32 Å². The molecule has 37 heavy (non-hydrogen) atoms. The largest absolute Gasteiger partial charge is 0.444 e. The van der Waals surface area contributed by atoms with Gasteiger partial charge < -0.3 is 20.1 Å². The number of amides is 3. The zero-order valence-corrected chi connectivity index (χ0v) is 24.9. The topological polar surface area (TPSA) is 99.2 Å². The third kappa shape index (κ3) is 8.45. The molecule has 8 nitrogen and oxygen atoms in total. The molecule has 2 N–H and O–H groups in total. The Morgan fingerprint density at radius 3 is 1.84 bits per heavy atom.